The summed E-state index contributed by atoms with van der Waals surface area (Å²) in [5.41, 5.74) is 1.80. The summed E-state index contributed by atoms with van der Waals surface area (Å²) >= 11 is 0. The minimum absolute atomic E-state index is 0.0164. The van der Waals surface area contributed by atoms with E-state index in [0.717, 1.165) is 13.0 Å². The lowest BCUT2D eigenvalue weighted by Crippen LogP contribution is -2.31. The Kier molecular flexibility index (Phi) is 6.16. The SMILES string of the molecule is C=C(CC)C(=O)c1ccc(C(=O)N(CC)CCC)cc1. The van der Waals surface area contributed by atoms with Gasteiger partial charge in [-0.15, -0.1) is 0 Å². The molecular formula is C17H23NO2. The number of rotatable bonds is 7. The Hall–Kier alpha value is -1.90. The van der Waals surface area contributed by atoms with Crippen LogP contribution in [-0.2, 0) is 0 Å². The third-order valence-electron chi connectivity index (χ3n) is 3.30. The van der Waals surface area contributed by atoms with E-state index < -0.39 is 0 Å². The van der Waals surface area contributed by atoms with Crippen molar-refractivity contribution in [3.05, 3.63) is 47.5 Å². The van der Waals surface area contributed by atoms with E-state index in [4.69, 9.17) is 0 Å². The minimum atomic E-state index is -0.0487. The maximum Gasteiger partial charge on any atom is 0.253 e. The van der Waals surface area contributed by atoms with Gasteiger partial charge in [-0.1, -0.05) is 32.6 Å². The van der Waals surface area contributed by atoms with Gasteiger partial charge in [-0.25, -0.2) is 0 Å². The number of ketones is 1. The molecule has 108 valence electrons. The predicted molar refractivity (Wildman–Crippen MR) is 82.1 cm³/mol. The van der Waals surface area contributed by atoms with Gasteiger partial charge < -0.3 is 4.90 Å². The van der Waals surface area contributed by atoms with Crippen LogP contribution in [-0.4, -0.2) is 29.7 Å². The van der Waals surface area contributed by atoms with Crippen molar-refractivity contribution < 1.29 is 9.59 Å². The van der Waals surface area contributed by atoms with Gasteiger partial charge in [0.25, 0.3) is 5.91 Å². The van der Waals surface area contributed by atoms with Crippen LogP contribution in [0.4, 0.5) is 0 Å². The van der Waals surface area contributed by atoms with Crippen LogP contribution in [0.5, 0.6) is 0 Å². The zero-order chi connectivity index (χ0) is 15.1. The van der Waals surface area contributed by atoms with Crippen molar-refractivity contribution in [3.63, 3.8) is 0 Å². The highest BCUT2D eigenvalue weighted by Gasteiger charge is 2.14. The zero-order valence-corrected chi connectivity index (χ0v) is 12.6. The van der Waals surface area contributed by atoms with E-state index in [9.17, 15) is 9.59 Å². The van der Waals surface area contributed by atoms with Gasteiger partial charge in [0.05, 0.1) is 0 Å². The molecule has 1 aromatic carbocycles. The largest absolute Gasteiger partial charge is 0.339 e. The number of amides is 1. The summed E-state index contributed by atoms with van der Waals surface area (Å²) in [6.45, 7) is 11.1. The summed E-state index contributed by atoms with van der Waals surface area (Å²) in [7, 11) is 0. The van der Waals surface area contributed by atoms with Gasteiger partial charge in [0.2, 0.25) is 0 Å². The first-order valence-corrected chi connectivity index (χ1v) is 7.16. The Morgan fingerprint density at radius 3 is 2.05 bits per heavy atom. The van der Waals surface area contributed by atoms with Crippen LogP contribution < -0.4 is 0 Å². The third-order valence-corrected chi connectivity index (χ3v) is 3.30. The standard InChI is InChI=1S/C17H23NO2/c1-5-12-18(7-3)17(20)15-10-8-14(9-11-15)16(19)13(4)6-2/h8-11H,4-7,12H2,1-3H3. The Labute approximate surface area is 121 Å². The molecule has 1 rings (SSSR count). The summed E-state index contributed by atoms with van der Waals surface area (Å²) in [5, 5.41) is 0. The smallest absolute Gasteiger partial charge is 0.253 e. The summed E-state index contributed by atoms with van der Waals surface area (Å²) in [6.07, 6.45) is 1.58. The molecule has 0 unspecified atom stereocenters. The molecule has 0 aliphatic heterocycles. The molecule has 1 aromatic rings. The second-order valence-electron chi connectivity index (χ2n) is 4.75. The number of allylic oxidation sites excluding steroid dienone is 1. The minimum Gasteiger partial charge on any atom is -0.339 e. The van der Waals surface area contributed by atoms with Crippen molar-refractivity contribution in [2.24, 2.45) is 0 Å². The maximum atomic E-state index is 12.3. The highest BCUT2D eigenvalue weighted by Crippen LogP contribution is 2.13. The summed E-state index contributed by atoms with van der Waals surface area (Å²) in [5.74, 6) is -0.0323. The summed E-state index contributed by atoms with van der Waals surface area (Å²) in [4.78, 5) is 26.0. The van der Waals surface area contributed by atoms with Crippen molar-refractivity contribution in [2.75, 3.05) is 13.1 Å². The molecule has 0 aromatic heterocycles. The van der Waals surface area contributed by atoms with Gasteiger partial charge in [0, 0.05) is 24.2 Å². The molecular weight excluding hydrogens is 250 g/mol. The van der Waals surface area contributed by atoms with Crippen molar-refractivity contribution in [1.29, 1.82) is 0 Å². The maximum absolute atomic E-state index is 12.3. The molecule has 1 amide bonds. The zero-order valence-electron chi connectivity index (χ0n) is 12.6. The summed E-state index contributed by atoms with van der Waals surface area (Å²) in [6, 6.07) is 6.85. The average Bonchev–Trinajstić information content (AvgIpc) is 2.50. The van der Waals surface area contributed by atoms with Gasteiger partial charge >= 0.3 is 0 Å². The summed E-state index contributed by atoms with van der Waals surface area (Å²) < 4.78 is 0. The van der Waals surface area contributed by atoms with E-state index in [2.05, 4.69) is 6.58 Å². The van der Waals surface area contributed by atoms with Crippen LogP contribution >= 0.6 is 0 Å². The molecule has 0 fully saturated rings. The molecule has 0 saturated carbocycles. The second kappa shape index (κ2) is 7.63. The fraction of sp³-hybridized carbons (Fsp3) is 0.412. The molecule has 0 aliphatic carbocycles. The fourth-order valence-electron chi connectivity index (χ4n) is 1.98. The predicted octanol–water partition coefficient (Wildman–Crippen LogP) is 3.71. The highest BCUT2D eigenvalue weighted by molar-refractivity contribution is 6.08. The quantitative estimate of drug-likeness (QED) is 0.561. The lowest BCUT2D eigenvalue weighted by atomic mass is 10.0. The van der Waals surface area contributed by atoms with Crippen molar-refractivity contribution in [3.8, 4) is 0 Å². The Balaban J connectivity index is 2.88. The topological polar surface area (TPSA) is 37.4 Å². The van der Waals surface area contributed by atoms with Crippen molar-refractivity contribution in [1.82, 2.24) is 4.90 Å². The van der Waals surface area contributed by atoms with Crippen LogP contribution in [0.1, 0.15) is 54.3 Å². The molecule has 0 bridgehead atoms. The molecule has 0 atom stereocenters. The third kappa shape index (κ3) is 3.80. The van der Waals surface area contributed by atoms with Gasteiger partial charge in [-0.05, 0) is 37.5 Å². The average molecular weight is 273 g/mol. The van der Waals surface area contributed by atoms with Crippen LogP contribution in [0, 0.1) is 0 Å². The monoisotopic (exact) mass is 273 g/mol. The number of carbonyl (C=O) groups excluding carboxylic acids is 2. The van der Waals surface area contributed by atoms with E-state index >= 15 is 0 Å². The van der Waals surface area contributed by atoms with Gasteiger partial charge in [-0.3, -0.25) is 9.59 Å². The first-order valence-electron chi connectivity index (χ1n) is 7.16. The first kappa shape index (κ1) is 16.2. The number of carbonyl (C=O) groups is 2. The Morgan fingerprint density at radius 1 is 1.05 bits per heavy atom. The highest BCUT2D eigenvalue weighted by atomic mass is 16.2. The molecule has 3 heteroatoms. The molecule has 20 heavy (non-hydrogen) atoms. The Bertz CT molecular complexity index is 488. The number of benzene rings is 1. The normalized spacial score (nSPS) is 10.2. The van der Waals surface area contributed by atoms with E-state index in [1.807, 2.05) is 25.7 Å². The van der Waals surface area contributed by atoms with Gasteiger partial charge in [-0.2, -0.15) is 0 Å². The van der Waals surface area contributed by atoms with E-state index in [-0.39, 0.29) is 11.7 Å². The molecule has 0 spiro atoms. The molecule has 3 nitrogen and oxygen atoms in total. The fourth-order valence-corrected chi connectivity index (χ4v) is 1.98. The second-order valence-corrected chi connectivity index (χ2v) is 4.75. The molecule has 0 radical (unpaired) electrons. The molecule has 0 aliphatic rings. The van der Waals surface area contributed by atoms with Crippen LogP contribution in [0.3, 0.4) is 0 Å². The van der Waals surface area contributed by atoms with Gasteiger partial charge in [0.15, 0.2) is 5.78 Å². The number of hydrogen-bond donors (Lipinski definition) is 0. The van der Waals surface area contributed by atoms with E-state index in [0.29, 0.717) is 29.7 Å². The molecule has 0 heterocycles. The van der Waals surface area contributed by atoms with Crippen molar-refractivity contribution in [2.45, 2.75) is 33.6 Å². The molecule has 0 saturated heterocycles. The lowest BCUT2D eigenvalue weighted by molar-refractivity contribution is 0.0764. The number of hydrogen-bond acceptors (Lipinski definition) is 2. The number of Topliss-reactive ketones (excluding diaryl/α,β-unsaturated/α-hetero) is 1. The van der Waals surface area contributed by atoms with E-state index in [1.165, 1.54) is 0 Å². The van der Waals surface area contributed by atoms with Gasteiger partial charge in [0.1, 0.15) is 0 Å². The Morgan fingerprint density at radius 2 is 1.60 bits per heavy atom. The van der Waals surface area contributed by atoms with Crippen LogP contribution in [0.15, 0.2) is 36.4 Å². The first-order chi connectivity index (χ1) is 9.54. The molecule has 0 N–H and O–H groups in total. The van der Waals surface area contributed by atoms with Crippen molar-refractivity contribution >= 4 is 11.7 Å². The van der Waals surface area contributed by atoms with E-state index in [1.54, 1.807) is 24.3 Å². The van der Waals surface area contributed by atoms with Crippen LogP contribution in [0.2, 0.25) is 0 Å². The number of nitrogens with zero attached hydrogens (tertiary/aromatic N) is 1. The van der Waals surface area contributed by atoms with Crippen LogP contribution in [0.25, 0.3) is 0 Å². The lowest BCUT2D eigenvalue weighted by Gasteiger charge is -2.20.